The van der Waals surface area contributed by atoms with Gasteiger partial charge < -0.3 is 10.1 Å². The van der Waals surface area contributed by atoms with Gasteiger partial charge in [-0.1, -0.05) is 0 Å². The Kier molecular flexibility index (Phi) is 4.07. The minimum atomic E-state index is -4.79. The Morgan fingerprint density at radius 2 is 2.04 bits per heavy atom. The van der Waals surface area contributed by atoms with Gasteiger partial charge in [0, 0.05) is 5.69 Å². The zero-order chi connectivity index (χ0) is 18.2. The van der Waals surface area contributed by atoms with Crippen LogP contribution in [-0.4, -0.2) is 33.7 Å². The molecule has 0 fully saturated rings. The van der Waals surface area contributed by atoms with Crippen LogP contribution in [0.3, 0.4) is 0 Å². The minimum Gasteiger partial charge on any atom is -0.497 e. The molecule has 2 amide bonds. The summed E-state index contributed by atoms with van der Waals surface area (Å²) in [5, 5.41) is 8.01. The summed E-state index contributed by atoms with van der Waals surface area (Å²) in [4.78, 5) is 27.3. The van der Waals surface area contributed by atoms with Crippen molar-refractivity contribution in [3.8, 4) is 5.75 Å². The van der Waals surface area contributed by atoms with E-state index in [9.17, 15) is 22.8 Å². The van der Waals surface area contributed by atoms with Crippen LogP contribution in [-0.2, 0) is 15.8 Å². The quantitative estimate of drug-likeness (QED) is 0.875. The number of rotatable bonds is 3. The molecule has 2 heterocycles. The molecule has 25 heavy (non-hydrogen) atoms. The number of hydrogen-bond donors (Lipinski definition) is 2. The molecule has 0 spiro atoms. The van der Waals surface area contributed by atoms with Gasteiger partial charge in [0.15, 0.2) is 0 Å². The van der Waals surface area contributed by atoms with E-state index < -0.39 is 35.8 Å². The number of alkyl halides is 3. The third-order valence-corrected chi connectivity index (χ3v) is 3.47. The maximum atomic E-state index is 12.8. The number of amides is 2. The van der Waals surface area contributed by atoms with E-state index in [1.807, 2.05) is 0 Å². The van der Waals surface area contributed by atoms with Crippen LogP contribution in [0.1, 0.15) is 18.3 Å². The zero-order valence-corrected chi connectivity index (χ0v) is 12.8. The molecule has 1 atom stereocenters. The number of benzene rings is 1. The summed E-state index contributed by atoms with van der Waals surface area (Å²) in [6.45, 7) is 0. The van der Waals surface area contributed by atoms with Gasteiger partial charge in [0.05, 0.1) is 13.5 Å². The number of anilines is 2. The van der Waals surface area contributed by atoms with Gasteiger partial charge in [-0.2, -0.15) is 18.2 Å². The molecule has 1 aliphatic heterocycles. The Balaban J connectivity index is 1.85. The second-order valence-electron chi connectivity index (χ2n) is 5.19. The summed E-state index contributed by atoms with van der Waals surface area (Å²) >= 11 is 0. The number of nitrogens with one attached hydrogen (secondary N) is 2. The lowest BCUT2D eigenvalue weighted by Gasteiger charge is -2.22. The third kappa shape index (κ3) is 3.39. The molecule has 0 radical (unpaired) electrons. The molecule has 3 rings (SSSR count). The highest BCUT2D eigenvalue weighted by atomic mass is 19.4. The number of fused-ring (bicyclic) bond motifs is 1. The van der Waals surface area contributed by atoms with Crippen LogP contribution in [0.25, 0.3) is 0 Å². The number of nitrogens with zero attached hydrogens (tertiary/aromatic N) is 3. The second-order valence-corrected chi connectivity index (χ2v) is 5.19. The number of methoxy groups -OCH3 is 1. The highest BCUT2D eigenvalue weighted by Crippen LogP contribution is 2.31. The first-order chi connectivity index (χ1) is 11.8. The molecule has 1 aromatic carbocycles. The van der Waals surface area contributed by atoms with Crippen LogP contribution in [0.5, 0.6) is 5.75 Å². The molecule has 0 bridgehead atoms. The number of halogens is 3. The van der Waals surface area contributed by atoms with E-state index in [1.54, 1.807) is 24.3 Å². The van der Waals surface area contributed by atoms with Gasteiger partial charge in [-0.3, -0.25) is 14.9 Å². The van der Waals surface area contributed by atoms with Crippen molar-refractivity contribution in [3.05, 3.63) is 30.1 Å². The number of aromatic nitrogens is 3. The lowest BCUT2D eigenvalue weighted by molar-refractivity contribution is -0.145. The van der Waals surface area contributed by atoms with Crippen molar-refractivity contribution in [1.29, 1.82) is 0 Å². The first-order valence-electron chi connectivity index (χ1n) is 7.06. The molecule has 8 nitrogen and oxygen atoms in total. The van der Waals surface area contributed by atoms with Crippen LogP contribution in [0.2, 0.25) is 0 Å². The summed E-state index contributed by atoms with van der Waals surface area (Å²) < 4.78 is 44.0. The smallest absolute Gasteiger partial charge is 0.453 e. The molecule has 1 unspecified atom stereocenters. The van der Waals surface area contributed by atoms with Crippen molar-refractivity contribution >= 4 is 23.5 Å². The molecule has 11 heteroatoms. The van der Waals surface area contributed by atoms with E-state index >= 15 is 0 Å². The van der Waals surface area contributed by atoms with Gasteiger partial charge >= 0.3 is 6.18 Å². The maximum absolute atomic E-state index is 12.8. The molecule has 132 valence electrons. The summed E-state index contributed by atoms with van der Waals surface area (Å²) in [7, 11) is 1.48. The molecule has 0 saturated carbocycles. The molecule has 2 N–H and O–H groups in total. The average Bonchev–Trinajstić information content (AvgIpc) is 2.98. The third-order valence-electron chi connectivity index (χ3n) is 3.47. The lowest BCUT2D eigenvalue weighted by atomic mass is 10.1. The summed E-state index contributed by atoms with van der Waals surface area (Å²) in [6, 6.07) is 5.08. The predicted molar refractivity (Wildman–Crippen MR) is 78.9 cm³/mol. The Hall–Kier alpha value is -3.11. The van der Waals surface area contributed by atoms with E-state index in [4.69, 9.17) is 4.74 Å². The van der Waals surface area contributed by atoms with E-state index in [0.29, 0.717) is 11.4 Å². The SMILES string of the molecule is COc1ccc(NC(=O)C2CC(=O)Nc3nc(C(F)(F)F)nn32)cc1. The number of carbonyl (C=O) groups excluding carboxylic acids is 2. The predicted octanol–water partition coefficient (Wildman–Crippen LogP) is 1.83. The second kappa shape index (κ2) is 6.07. The topological polar surface area (TPSA) is 98.1 Å². The Morgan fingerprint density at radius 3 is 2.64 bits per heavy atom. The van der Waals surface area contributed by atoms with Crippen LogP contribution < -0.4 is 15.4 Å². The normalized spacial score (nSPS) is 16.8. The van der Waals surface area contributed by atoms with Crippen molar-refractivity contribution in [2.75, 3.05) is 17.7 Å². The number of hydrogen-bond acceptors (Lipinski definition) is 5. The lowest BCUT2D eigenvalue weighted by Crippen LogP contribution is -2.36. The molecule has 0 aliphatic carbocycles. The van der Waals surface area contributed by atoms with Crippen LogP contribution in [0, 0.1) is 0 Å². The van der Waals surface area contributed by atoms with Crippen molar-refractivity contribution < 1.29 is 27.5 Å². The zero-order valence-electron chi connectivity index (χ0n) is 12.8. The summed E-state index contributed by atoms with van der Waals surface area (Å²) in [6.07, 6.45) is -5.14. The van der Waals surface area contributed by atoms with Crippen molar-refractivity contribution in [2.45, 2.75) is 18.6 Å². The first-order valence-corrected chi connectivity index (χ1v) is 7.06. The van der Waals surface area contributed by atoms with Gasteiger partial charge in [0.2, 0.25) is 17.8 Å². The average molecular weight is 355 g/mol. The highest BCUT2D eigenvalue weighted by Gasteiger charge is 2.41. The highest BCUT2D eigenvalue weighted by molar-refractivity contribution is 6.00. The van der Waals surface area contributed by atoms with E-state index in [2.05, 4.69) is 20.7 Å². The van der Waals surface area contributed by atoms with Gasteiger partial charge in [0.1, 0.15) is 11.8 Å². The van der Waals surface area contributed by atoms with Crippen molar-refractivity contribution in [3.63, 3.8) is 0 Å². The van der Waals surface area contributed by atoms with Crippen LogP contribution in [0.4, 0.5) is 24.8 Å². The fraction of sp³-hybridized carbons (Fsp3) is 0.286. The standard InChI is InChI=1S/C14H12F3N5O3/c1-25-8-4-2-7(3-5-8)18-11(24)9-6-10(23)19-13-20-12(14(15,16)17)21-22(9)13/h2-5,9H,6H2,1H3,(H,18,24)(H,19,20,21,23). The van der Waals surface area contributed by atoms with Gasteiger partial charge in [-0.25, -0.2) is 4.68 Å². The Bertz CT molecular complexity index is 816. The fourth-order valence-corrected chi connectivity index (χ4v) is 2.29. The van der Waals surface area contributed by atoms with E-state index in [1.165, 1.54) is 7.11 Å². The first kappa shape index (κ1) is 16.7. The maximum Gasteiger partial charge on any atom is 0.453 e. The van der Waals surface area contributed by atoms with Crippen LogP contribution >= 0.6 is 0 Å². The van der Waals surface area contributed by atoms with Gasteiger partial charge in [-0.05, 0) is 24.3 Å². The summed E-state index contributed by atoms with van der Waals surface area (Å²) in [5.41, 5.74) is 0.398. The van der Waals surface area contributed by atoms with Gasteiger partial charge in [-0.15, -0.1) is 5.10 Å². The molecule has 1 aromatic heterocycles. The number of ether oxygens (including phenoxy) is 1. The minimum absolute atomic E-state index is 0.352. The van der Waals surface area contributed by atoms with Gasteiger partial charge in [0.25, 0.3) is 5.82 Å². The Morgan fingerprint density at radius 1 is 1.36 bits per heavy atom. The van der Waals surface area contributed by atoms with E-state index in [0.717, 1.165) is 4.68 Å². The van der Waals surface area contributed by atoms with E-state index in [-0.39, 0.29) is 6.42 Å². The Labute approximate surface area is 139 Å². The molecule has 0 saturated heterocycles. The molecular weight excluding hydrogens is 343 g/mol. The van der Waals surface area contributed by atoms with Crippen molar-refractivity contribution in [2.24, 2.45) is 0 Å². The summed E-state index contributed by atoms with van der Waals surface area (Å²) in [5.74, 6) is -2.57. The molecule has 1 aliphatic rings. The number of carbonyl (C=O) groups is 2. The van der Waals surface area contributed by atoms with Crippen molar-refractivity contribution in [1.82, 2.24) is 14.8 Å². The van der Waals surface area contributed by atoms with Crippen LogP contribution in [0.15, 0.2) is 24.3 Å². The monoisotopic (exact) mass is 355 g/mol. The largest absolute Gasteiger partial charge is 0.497 e. The molecule has 2 aromatic rings. The fourth-order valence-electron chi connectivity index (χ4n) is 2.29. The molecular formula is C14H12F3N5O3.